The SMILES string of the molecule is CCCCNC(=O)C1CN(C(=O)c2ccc(Cl)cc2Cl)CC1c1cccc(C(F)(F)F)c1. The van der Waals surface area contributed by atoms with Crippen LogP contribution < -0.4 is 5.32 Å². The van der Waals surface area contributed by atoms with Crippen molar-refractivity contribution in [2.75, 3.05) is 19.6 Å². The molecule has 4 nitrogen and oxygen atoms in total. The first-order valence-corrected chi connectivity index (χ1v) is 11.1. The fourth-order valence-electron chi connectivity index (χ4n) is 3.87. The quantitative estimate of drug-likeness (QED) is 0.525. The van der Waals surface area contributed by atoms with Crippen molar-refractivity contribution in [3.8, 4) is 0 Å². The van der Waals surface area contributed by atoms with Crippen LogP contribution in [0, 0.1) is 5.92 Å². The summed E-state index contributed by atoms with van der Waals surface area (Å²) in [4.78, 5) is 27.4. The zero-order valence-corrected chi connectivity index (χ0v) is 18.9. The van der Waals surface area contributed by atoms with Crippen molar-refractivity contribution < 1.29 is 22.8 Å². The number of hydrogen-bond acceptors (Lipinski definition) is 2. The van der Waals surface area contributed by atoms with Gasteiger partial charge in [0.05, 0.1) is 22.1 Å². The van der Waals surface area contributed by atoms with Gasteiger partial charge in [-0.1, -0.05) is 54.7 Å². The van der Waals surface area contributed by atoms with Crippen LogP contribution in [0.5, 0.6) is 0 Å². The second kappa shape index (κ2) is 10.1. The number of amides is 2. The molecule has 0 spiro atoms. The summed E-state index contributed by atoms with van der Waals surface area (Å²) in [5.74, 6) is -1.93. The van der Waals surface area contributed by atoms with Gasteiger partial charge in [-0.3, -0.25) is 9.59 Å². The molecule has 1 saturated heterocycles. The summed E-state index contributed by atoms with van der Waals surface area (Å²) >= 11 is 12.1. The Morgan fingerprint density at radius 1 is 1.12 bits per heavy atom. The number of rotatable bonds is 6. The van der Waals surface area contributed by atoms with Crippen LogP contribution in [-0.4, -0.2) is 36.3 Å². The summed E-state index contributed by atoms with van der Waals surface area (Å²) in [5, 5.41) is 3.40. The van der Waals surface area contributed by atoms with E-state index in [1.54, 1.807) is 6.07 Å². The van der Waals surface area contributed by atoms with Crippen LogP contribution in [0.2, 0.25) is 10.0 Å². The summed E-state index contributed by atoms with van der Waals surface area (Å²) in [5.41, 5.74) is -0.190. The molecule has 0 saturated carbocycles. The molecule has 172 valence electrons. The minimum absolute atomic E-state index is 0.0800. The van der Waals surface area contributed by atoms with Crippen molar-refractivity contribution in [3.05, 3.63) is 69.2 Å². The van der Waals surface area contributed by atoms with Gasteiger partial charge in [0, 0.05) is 30.6 Å². The molecule has 0 bridgehead atoms. The van der Waals surface area contributed by atoms with E-state index in [9.17, 15) is 22.8 Å². The number of unbranched alkanes of at least 4 members (excludes halogenated alkanes) is 1. The average Bonchev–Trinajstić information content (AvgIpc) is 3.18. The molecule has 2 amide bonds. The minimum Gasteiger partial charge on any atom is -0.356 e. The van der Waals surface area contributed by atoms with Crippen molar-refractivity contribution in [1.29, 1.82) is 0 Å². The average molecular weight is 487 g/mol. The number of hydrogen-bond donors (Lipinski definition) is 1. The van der Waals surface area contributed by atoms with Gasteiger partial charge in [-0.25, -0.2) is 0 Å². The molecule has 1 N–H and O–H groups in total. The molecule has 2 aromatic rings. The molecule has 1 aliphatic rings. The fourth-order valence-corrected chi connectivity index (χ4v) is 4.36. The van der Waals surface area contributed by atoms with Gasteiger partial charge < -0.3 is 10.2 Å². The number of nitrogens with zero attached hydrogens (tertiary/aromatic N) is 1. The Labute approximate surface area is 194 Å². The predicted molar refractivity (Wildman–Crippen MR) is 118 cm³/mol. The van der Waals surface area contributed by atoms with E-state index in [2.05, 4.69) is 5.32 Å². The van der Waals surface area contributed by atoms with Crippen LogP contribution in [-0.2, 0) is 11.0 Å². The van der Waals surface area contributed by atoms with Gasteiger partial charge in [0.25, 0.3) is 5.91 Å². The Bertz CT molecular complexity index is 997. The van der Waals surface area contributed by atoms with E-state index in [0.717, 1.165) is 25.0 Å². The van der Waals surface area contributed by atoms with Gasteiger partial charge in [-0.15, -0.1) is 0 Å². The molecule has 2 aromatic carbocycles. The van der Waals surface area contributed by atoms with E-state index >= 15 is 0 Å². The lowest BCUT2D eigenvalue weighted by Crippen LogP contribution is -2.36. The maximum atomic E-state index is 13.3. The number of carbonyl (C=O) groups excluding carboxylic acids is 2. The largest absolute Gasteiger partial charge is 0.416 e. The topological polar surface area (TPSA) is 49.4 Å². The maximum absolute atomic E-state index is 13.3. The van der Waals surface area contributed by atoms with Gasteiger partial charge in [0.2, 0.25) is 5.91 Å². The molecule has 2 atom stereocenters. The highest BCUT2D eigenvalue weighted by Gasteiger charge is 2.41. The third-order valence-corrected chi connectivity index (χ3v) is 6.12. The molecule has 1 fully saturated rings. The van der Waals surface area contributed by atoms with Gasteiger partial charge in [-0.05, 0) is 36.2 Å². The molecule has 1 heterocycles. The van der Waals surface area contributed by atoms with E-state index in [-0.39, 0.29) is 29.6 Å². The van der Waals surface area contributed by atoms with Crippen molar-refractivity contribution in [1.82, 2.24) is 10.2 Å². The molecule has 0 aromatic heterocycles. The van der Waals surface area contributed by atoms with Crippen LogP contribution >= 0.6 is 23.2 Å². The Hall–Kier alpha value is -2.25. The molecule has 2 unspecified atom stereocenters. The molecule has 3 rings (SSSR count). The van der Waals surface area contributed by atoms with Crippen molar-refractivity contribution in [3.63, 3.8) is 0 Å². The summed E-state index contributed by atoms with van der Waals surface area (Å²) in [6, 6.07) is 9.42. The standard InChI is InChI=1S/C23H23Cl2F3N2O2/c1-2-3-9-29-21(31)19-13-30(22(32)17-8-7-16(24)11-20(17)25)12-18(19)14-5-4-6-15(10-14)23(26,27)28/h4-8,10-11,18-19H,2-3,9,12-13H2,1H3,(H,29,31). The lowest BCUT2D eigenvalue weighted by molar-refractivity contribution is -0.137. The van der Waals surface area contributed by atoms with Gasteiger partial charge >= 0.3 is 6.18 Å². The lowest BCUT2D eigenvalue weighted by atomic mass is 9.87. The number of alkyl halides is 3. The summed E-state index contributed by atoms with van der Waals surface area (Å²) in [6.07, 6.45) is -2.82. The third kappa shape index (κ3) is 5.56. The van der Waals surface area contributed by atoms with E-state index in [4.69, 9.17) is 23.2 Å². The Morgan fingerprint density at radius 2 is 1.88 bits per heavy atom. The van der Waals surface area contributed by atoms with E-state index < -0.39 is 29.5 Å². The smallest absolute Gasteiger partial charge is 0.356 e. The molecular weight excluding hydrogens is 464 g/mol. The van der Waals surface area contributed by atoms with Crippen molar-refractivity contribution in [2.24, 2.45) is 5.92 Å². The van der Waals surface area contributed by atoms with Crippen molar-refractivity contribution in [2.45, 2.75) is 31.9 Å². The van der Waals surface area contributed by atoms with Gasteiger partial charge in [0.15, 0.2) is 0 Å². The molecule has 32 heavy (non-hydrogen) atoms. The zero-order valence-electron chi connectivity index (χ0n) is 17.4. The number of benzene rings is 2. The van der Waals surface area contributed by atoms with E-state index in [1.807, 2.05) is 6.92 Å². The number of likely N-dealkylation sites (tertiary alicyclic amines) is 1. The summed E-state index contributed by atoms with van der Waals surface area (Å²) in [7, 11) is 0. The molecule has 0 radical (unpaired) electrons. The Balaban J connectivity index is 1.90. The first kappa shape index (κ1) is 24.4. The van der Waals surface area contributed by atoms with Crippen LogP contribution in [0.3, 0.4) is 0 Å². The van der Waals surface area contributed by atoms with Crippen LogP contribution in [0.1, 0.15) is 47.2 Å². The molecule has 0 aliphatic carbocycles. The molecule has 1 aliphatic heterocycles. The van der Waals surface area contributed by atoms with Crippen LogP contribution in [0.15, 0.2) is 42.5 Å². The highest BCUT2D eigenvalue weighted by Crippen LogP contribution is 2.37. The summed E-state index contributed by atoms with van der Waals surface area (Å²) in [6.45, 7) is 2.64. The van der Waals surface area contributed by atoms with E-state index in [1.165, 1.54) is 29.2 Å². The monoisotopic (exact) mass is 486 g/mol. The first-order valence-electron chi connectivity index (χ1n) is 10.3. The predicted octanol–water partition coefficient (Wildman–Crippen LogP) is 5.78. The number of carbonyl (C=O) groups is 2. The number of halogens is 5. The van der Waals surface area contributed by atoms with Crippen molar-refractivity contribution >= 4 is 35.0 Å². The number of nitrogens with one attached hydrogen (secondary N) is 1. The maximum Gasteiger partial charge on any atom is 0.416 e. The Kier molecular flexibility index (Phi) is 7.72. The lowest BCUT2D eigenvalue weighted by Gasteiger charge is -2.19. The van der Waals surface area contributed by atoms with Crippen LogP contribution in [0.4, 0.5) is 13.2 Å². The Morgan fingerprint density at radius 3 is 2.53 bits per heavy atom. The molecular formula is C23H23Cl2F3N2O2. The van der Waals surface area contributed by atoms with Gasteiger partial charge in [-0.2, -0.15) is 13.2 Å². The first-order chi connectivity index (χ1) is 15.1. The normalized spacial score (nSPS) is 18.6. The second-order valence-corrected chi connectivity index (χ2v) is 8.66. The zero-order chi connectivity index (χ0) is 23.5. The minimum atomic E-state index is -4.50. The highest BCUT2D eigenvalue weighted by molar-refractivity contribution is 6.36. The van der Waals surface area contributed by atoms with E-state index in [0.29, 0.717) is 17.1 Å². The van der Waals surface area contributed by atoms with Crippen LogP contribution in [0.25, 0.3) is 0 Å². The summed E-state index contributed by atoms with van der Waals surface area (Å²) < 4.78 is 39.8. The third-order valence-electron chi connectivity index (χ3n) is 5.58. The second-order valence-electron chi connectivity index (χ2n) is 7.82. The highest BCUT2D eigenvalue weighted by atomic mass is 35.5. The fraction of sp³-hybridized carbons (Fsp3) is 0.391. The van der Waals surface area contributed by atoms with Gasteiger partial charge in [0.1, 0.15) is 0 Å². The molecule has 9 heteroatoms.